The number of carbonyl (C=O) groups is 1. The van der Waals surface area contributed by atoms with E-state index in [4.69, 9.17) is 9.47 Å². The Balaban J connectivity index is 1.87. The number of nitrogens with zero attached hydrogens (tertiary/aromatic N) is 4. The van der Waals surface area contributed by atoms with Crippen LogP contribution >= 0.6 is 11.8 Å². The minimum Gasteiger partial charge on any atom is -0.476 e. The average molecular weight is 437 g/mol. The van der Waals surface area contributed by atoms with Crippen molar-refractivity contribution in [3.05, 3.63) is 5.69 Å². The Morgan fingerprint density at radius 1 is 0.933 bits per heavy atom. The molecule has 0 saturated heterocycles. The van der Waals surface area contributed by atoms with Crippen molar-refractivity contribution in [1.82, 2.24) is 19.7 Å². The van der Waals surface area contributed by atoms with Crippen molar-refractivity contribution in [3.63, 3.8) is 0 Å². The standard InChI is InChI=1S/C22H36N4O3S/c1-5-7-8-9-10-11-12-13-14-15-16-29-20-18-17(25-26(20)3)19(21(27)28-6-2)24-22(23-18)30-4/h5-16H2,1-4H3. The number of rotatable bonds is 15. The van der Waals surface area contributed by atoms with Gasteiger partial charge in [-0.25, -0.2) is 19.4 Å². The van der Waals surface area contributed by atoms with Crippen LogP contribution in [0.15, 0.2) is 5.16 Å². The van der Waals surface area contributed by atoms with Gasteiger partial charge in [-0.15, -0.1) is 0 Å². The van der Waals surface area contributed by atoms with Gasteiger partial charge in [-0.05, 0) is 19.6 Å². The van der Waals surface area contributed by atoms with E-state index < -0.39 is 5.97 Å². The van der Waals surface area contributed by atoms with E-state index in [1.807, 2.05) is 6.26 Å². The molecular formula is C22H36N4O3S. The molecular weight excluding hydrogens is 400 g/mol. The second kappa shape index (κ2) is 13.5. The minimum atomic E-state index is -0.487. The summed E-state index contributed by atoms with van der Waals surface area (Å²) in [7, 11) is 1.79. The number of esters is 1. The first-order chi connectivity index (χ1) is 14.6. The molecule has 0 aliphatic rings. The summed E-state index contributed by atoms with van der Waals surface area (Å²) in [6, 6.07) is 0. The highest BCUT2D eigenvalue weighted by Gasteiger charge is 2.23. The largest absolute Gasteiger partial charge is 0.476 e. The zero-order chi connectivity index (χ0) is 21.8. The molecule has 2 aromatic heterocycles. The van der Waals surface area contributed by atoms with Gasteiger partial charge in [-0.2, -0.15) is 5.10 Å². The van der Waals surface area contributed by atoms with Gasteiger partial charge < -0.3 is 9.47 Å². The van der Waals surface area contributed by atoms with Crippen molar-refractivity contribution in [2.24, 2.45) is 7.05 Å². The maximum atomic E-state index is 12.3. The minimum absolute atomic E-state index is 0.190. The van der Waals surface area contributed by atoms with Crippen LogP contribution in [0.25, 0.3) is 11.0 Å². The van der Waals surface area contributed by atoms with Crippen molar-refractivity contribution in [1.29, 1.82) is 0 Å². The molecule has 0 aliphatic carbocycles. The summed E-state index contributed by atoms with van der Waals surface area (Å²) in [4.78, 5) is 21.1. The van der Waals surface area contributed by atoms with E-state index in [-0.39, 0.29) is 12.3 Å². The number of thioether (sulfide) groups is 1. The first-order valence-electron chi connectivity index (χ1n) is 11.2. The number of fused-ring (bicyclic) bond motifs is 1. The van der Waals surface area contributed by atoms with Gasteiger partial charge in [0.1, 0.15) is 5.52 Å². The van der Waals surface area contributed by atoms with Gasteiger partial charge in [0.05, 0.1) is 13.2 Å². The highest BCUT2D eigenvalue weighted by atomic mass is 32.2. The number of unbranched alkanes of at least 4 members (excludes halogenated alkanes) is 9. The maximum Gasteiger partial charge on any atom is 0.359 e. The van der Waals surface area contributed by atoms with Crippen LogP contribution in [0.4, 0.5) is 0 Å². The Hall–Kier alpha value is -1.83. The van der Waals surface area contributed by atoms with Gasteiger partial charge in [0.2, 0.25) is 5.88 Å². The number of hydrogen-bond acceptors (Lipinski definition) is 7. The molecule has 0 fully saturated rings. The summed E-state index contributed by atoms with van der Waals surface area (Å²) in [6.07, 6.45) is 14.7. The molecule has 0 bridgehead atoms. The average Bonchev–Trinajstić information content (AvgIpc) is 3.06. The number of aromatic nitrogens is 4. The first-order valence-corrected chi connectivity index (χ1v) is 12.4. The van der Waals surface area contributed by atoms with Crippen molar-refractivity contribution in [3.8, 4) is 5.88 Å². The van der Waals surface area contributed by atoms with E-state index in [9.17, 15) is 4.79 Å². The number of aryl methyl sites for hydroxylation is 1. The fraction of sp³-hybridized carbons (Fsp3) is 0.727. The van der Waals surface area contributed by atoms with Gasteiger partial charge in [0.15, 0.2) is 16.4 Å². The Morgan fingerprint density at radius 2 is 1.57 bits per heavy atom. The van der Waals surface area contributed by atoms with Crippen LogP contribution in [0.1, 0.15) is 88.5 Å². The predicted octanol–water partition coefficient (Wildman–Crippen LogP) is 5.56. The van der Waals surface area contributed by atoms with E-state index in [1.165, 1.54) is 63.1 Å². The molecule has 0 aliphatic heterocycles. The monoisotopic (exact) mass is 436 g/mol. The molecule has 0 radical (unpaired) electrons. The molecule has 0 aromatic carbocycles. The highest BCUT2D eigenvalue weighted by Crippen LogP contribution is 2.27. The van der Waals surface area contributed by atoms with Crippen molar-refractivity contribution in [2.75, 3.05) is 19.5 Å². The van der Waals surface area contributed by atoms with Crippen LogP contribution in [0.5, 0.6) is 5.88 Å². The highest BCUT2D eigenvalue weighted by molar-refractivity contribution is 7.98. The lowest BCUT2D eigenvalue weighted by Crippen LogP contribution is -2.09. The second-order valence-electron chi connectivity index (χ2n) is 7.44. The zero-order valence-corrected chi connectivity index (χ0v) is 19.7. The first kappa shape index (κ1) is 24.4. The zero-order valence-electron chi connectivity index (χ0n) is 18.9. The Morgan fingerprint density at radius 3 is 2.17 bits per heavy atom. The van der Waals surface area contributed by atoms with E-state index >= 15 is 0 Å². The van der Waals surface area contributed by atoms with E-state index in [1.54, 1.807) is 18.7 Å². The van der Waals surface area contributed by atoms with Gasteiger partial charge >= 0.3 is 5.97 Å². The lowest BCUT2D eigenvalue weighted by atomic mass is 10.1. The van der Waals surface area contributed by atoms with E-state index in [0.29, 0.717) is 28.7 Å². The molecule has 168 valence electrons. The van der Waals surface area contributed by atoms with Crippen LogP contribution in [0.3, 0.4) is 0 Å². The lowest BCUT2D eigenvalue weighted by molar-refractivity contribution is 0.0520. The smallest absolute Gasteiger partial charge is 0.359 e. The predicted molar refractivity (Wildman–Crippen MR) is 121 cm³/mol. The molecule has 2 heterocycles. The van der Waals surface area contributed by atoms with E-state index in [2.05, 4.69) is 22.0 Å². The van der Waals surface area contributed by atoms with Gasteiger partial charge in [-0.3, -0.25) is 0 Å². The molecule has 0 spiro atoms. The summed E-state index contributed by atoms with van der Waals surface area (Å²) in [5.41, 5.74) is 1.18. The lowest BCUT2D eigenvalue weighted by Gasteiger charge is -2.07. The van der Waals surface area contributed by atoms with Crippen LogP contribution in [0.2, 0.25) is 0 Å². The summed E-state index contributed by atoms with van der Waals surface area (Å²) >= 11 is 1.37. The normalized spacial score (nSPS) is 11.2. The van der Waals surface area contributed by atoms with Gasteiger partial charge in [0, 0.05) is 7.05 Å². The Bertz CT molecular complexity index is 794. The maximum absolute atomic E-state index is 12.3. The molecule has 8 heteroatoms. The molecule has 0 amide bonds. The van der Waals surface area contributed by atoms with Gasteiger partial charge in [-0.1, -0.05) is 76.5 Å². The topological polar surface area (TPSA) is 79.1 Å². The fourth-order valence-corrected chi connectivity index (χ4v) is 3.75. The summed E-state index contributed by atoms with van der Waals surface area (Å²) in [6.45, 7) is 4.92. The summed E-state index contributed by atoms with van der Waals surface area (Å²) < 4.78 is 12.8. The third kappa shape index (κ3) is 7.15. The Labute approximate surface area is 184 Å². The molecule has 0 atom stereocenters. The van der Waals surface area contributed by atoms with Crippen molar-refractivity contribution >= 4 is 28.8 Å². The third-order valence-corrected chi connectivity index (χ3v) is 5.55. The number of hydrogen-bond donors (Lipinski definition) is 0. The molecule has 2 aromatic rings. The molecule has 7 nitrogen and oxygen atoms in total. The van der Waals surface area contributed by atoms with Crippen molar-refractivity contribution < 1.29 is 14.3 Å². The third-order valence-electron chi connectivity index (χ3n) is 5.00. The second-order valence-corrected chi connectivity index (χ2v) is 8.21. The Kier molecular flexibility index (Phi) is 11.0. The van der Waals surface area contributed by atoms with Crippen LogP contribution in [-0.2, 0) is 11.8 Å². The van der Waals surface area contributed by atoms with Crippen LogP contribution in [0, 0.1) is 0 Å². The van der Waals surface area contributed by atoms with E-state index in [0.717, 1.165) is 12.8 Å². The molecule has 0 saturated carbocycles. The van der Waals surface area contributed by atoms with Gasteiger partial charge in [0.25, 0.3) is 0 Å². The fourth-order valence-electron chi connectivity index (χ4n) is 3.38. The SMILES string of the molecule is CCCCCCCCCCCCOc1c2nc(SC)nc(C(=O)OCC)c2nn1C. The molecule has 30 heavy (non-hydrogen) atoms. The van der Waals surface area contributed by atoms with Crippen LogP contribution in [-0.4, -0.2) is 45.2 Å². The van der Waals surface area contributed by atoms with Crippen molar-refractivity contribution in [2.45, 2.75) is 83.2 Å². The number of carbonyl (C=O) groups excluding carboxylic acids is 1. The molecule has 2 rings (SSSR count). The molecule has 0 unspecified atom stereocenters. The summed E-state index contributed by atoms with van der Waals surface area (Å²) in [5, 5.41) is 4.92. The van der Waals surface area contributed by atoms with Crippen LogP contribution < -0.4 is 4.74 Å². The molecule has 0 N–H and O–H groups in total. The quantitative estimate of drug-likeness (QED) is 0.156. The number of ether oxygens (including phenoxy) is 2. The summed E-state index contributed by atoms with van der Waals surface area (Å²) in [5.74, 6) is 0.0868.